The Labute approximate surface area is 162 Å². The van der Waals surface area contributed by atoms with Crippen molar-refractivity contribution >= 4 is 5.97 Å². The molecule has 0 amide bonds. The second-order valence-corrected chi connectivity index (χ2v) is 8.30. The average molecular weight is 370 g/mol. The van der Waals surface area contributed by atoms with Crippen LogP contribution in [0.15, 0.2) is 30.3 Å². The zero-order valence-electron chi connectivity index (χ0n) is 16.5. The molecule has 1 saturated carbocycles. The number of rotatable bonds is 5. The highest BCUT2D eigenvalue weighted by molar-refractivity contribution is 5.82. The zero-order valence-corrected chi connectivity index (χ0v) is 16.5. The molecule has 1 unspecified atom stereocenters. The van der Waals surface area contributed by atoms with Crippen molar-refractivity contribution in [3.05, 3.63) is 35.9 Å². The molecule has 0 spiro atoms. The number of carbonyl (C=O) groups is 1. The Bertz CT molecular complexity index is 691. The van der Waals surface area contributed by atoms with Crippen molar-refractivity contribution in [1.82, 2.24) is 4.90 Å². The van der Waals surface area contributed by atoms with Crippen LogP contribution in [0.3, 0.4) is 0 Å². The van der Waals surface area contributed by atoms with Gasteiger partial charge < -0.3 is 9.84 Å². The minimum atomic E-state index is -1.61. The first-order valence-corrected chi connectivity index (χ1v) is 10.2. The molecule has 4 nitrogen and oxygen atoms in total. The molecule has 0 aromatic heterocycles. The quantitative estimate of drug-likeness (QED) is 0.638. The predicted molar refractivity (Wildman–Crippen MR) is 106 cm³/mol. The van der Waals surface area contributed by atoms with E-state index in [1.165, 1.54) is 12.8 Å². The van der Waals surface area contributed by atoms with Crippen molar-refractivity contribution in [3.8, 4) is 11.8 Å². The van der Waals surface area contributed by atoms with Gasteiger partial charge in [0.15, 0.2) is 11.2 Å². The fourth-order valence-corrected chi connectivity index (χ4v) is 4.20. The Morgan fingerprint density at radius 1 is 1.15 bits per heavy atom. The maximum atomic E-state index is 13.1. The van der Waals surface area contributed by atoms with Crippen molar-refractivity contribution in [2.45, 2.75) is 63.6 Å². The van der Waals surface area contributed by atoms with E-state index >= 15 is 0 Å². The molecule has 1 N–H and O–H groups in total. The lowest BCUT2D eigenvalue weighted by Crippen LogP contribution is -2.46. The van der Waals surface area contributed by atoms with Gasteiger partial charge in [-0.3, -0.25) is 4.90 Å². The molecule has 146 valence electrons. The third-order valence-corrected chi connectivity index (χ3v) is 5.71. The van der Waals surface area contributed by atoms with E-state index in [9.17, 15) is 9.90 Å². The van der Waals surface area contributed by atoms with Crippen LogP contribution in [0.4, 0.5) is 0 Å². The lowest BCUT2D eigenvalue weighted by atomic mass is 9.80. The van der Waals surface area contributed by atoms with E-state index in [2.05, 4.69) is 16.7 Å². The van der Waals surface area contributed by atoms with Crippen LogP contribution in [-0.2, 0) is 15.1 Å². The Morgan fingerprint density at radius 2 is 1.78 bits per heavy atom. The van der Waals surface area contributed by atoms with Gasteiger partial charge in [-0.05, 0) is 58.2 Å². The molecule has 1 aromatic rings. The van der Waals surface area contributed by atoms with E-state index < -0.39 is 17.2 Å². The van der Waals surface area contributed by atoms with Crippen LogP contribution >= 0.6 is 0 Å². The minimum absolute atomic E-state index is 0.110. The Morgan fingerprint density at radius 3 is 2.41 bits per heavy atom. The molecular weight excluding hydrogens is 338 g/mol. The van der Waals surface area contributed by atoms with Gasteiger partial charge >= 0.3 is 5.97 Å². The van der Waals surface area contributed by atoms with Crippen LogP contribution < -0.4 is 0 Å². The summed E-state index contributed by atoms with van der Waals surface area (Å²) in [5.41, 5.74) is -1.92. The van der Waals surface area contributed by atoms with E-state index in [-0.39, 0.29) is 5.92 Å². The number of hydrogen-bond acceptors (Lipinski definition) is 4. The van der Waals surface area contributed by atoms with Crippen molar-refractivity contribution in [2.24, 2.45) is 5.92 Å². The molecule has 1 heterocycles. The van der Waals surface area contributed by atoms with Crippen LogP contribution in [0.25, 0.3) is 0 Å². The van der Waals surface area contributed by atoms with Crippen LogP contribution in [0.1, 0.15) is 57.9 Å². The molecule has 2 aliphatic rings. The van der Waals surface area contributed by atoms with Crippen LogP contribution in [0.5, 0.6) is 0 Å². The molecule has 0 bridgehead atoms. The first-order chi connectivity index (χ1) is 12.9. The summed E-state index contributed by atoms with van der Waals surface area (Å²) in [6, 6.07) is 9.21. The zero-order chi connectivity index (χ0) is 19.3. The van der Waals surface area contributed by atoms with E-state index in [0.29, 0.717) is 12.1 Å². The van der Waals surface area contributed by atoms with Gasteiger partial charge in [-0.2, -0.15) is 0 Å². The maximum absolute atomic E-state index is 13.1. The molecular formula is C23H31NO3. The summed E-state index contributed by atoms with van der Waals surface area (Å²) in [4.78, 5) is 15.4. The number of likely N-dealkylation sites (tertiary alicyclic amines) is 1. The monoisotopic (exact) mass is 369 g/mol. The summed E-state index contributed by atoms with van der Waals surface area (Å²) in [7, 11) is 0. The second-order valence-electron chi connectivity index (χ2n) is 8.30. The van der Waals surface area contributed by atoms with E-state index in [4.69, 9.17) is 4.74 Å². The van der Waals surface area contributed by atoms with E-state index in [0.717, 1.165) is 38.8 Å². The SMILES string of the molecule is CC(C)(C#CCN1CCCC1)OC(=O)C(O)(c1ccccc1)C1CCCC1. The van der Waals surface area contributed by atoms with Crippen LogP contribution in [0, 0.1) is 17.8 Å². The minimum Gasteiger partial charge on any atom is -0.444 e. The Kier molecular flexibility index (Phi) is 6.24. The van der Waals surface area contributed by atoms with E-state index in [1.54, 1.807) is 13.8 Å². The van der Waals surface area contributed by atoms with Gasteiger partial charge in [-0.15, -0.1) is 0 Å². The number of esters is 1. The highest BCUT2D eigenvalue weighted by Crippen LogP contribution is 2.42. The summed E-state index contributed by atoms with van der Waals surface area (Å²) in [6.45, 7) is 6.46. The summed E-state index contributed by atoms with van der Waals surface area (Å²) in [5.74, 6) is 5.54. The second kappa shape index (κ2) is 8.46. The number of aliphatic hydroxyl groups is 1. The van der Waals surface area contributed by atoms with Crippen molar-refractivity contribution in [3.63, 3.8) is 0 Å². The fourth-order valence-electron chi connectivity index (χ4n) is 4.20. The third kappa shape index (κ3) is 4.72. The summed E-state index contributed by atoms with van der Waals surface area (Å²) in [5, 5.41) is 11.5. The summed E-state index contributed by atoms with van der Waals surface area (Å²) < 4.78 is 5.75. The highest BCUT2D eigenvalue weighted by atomic mass is 16.6. The van der Waals surface area contributed by atoms with Gasteiger partial charge in [0.2, 0.25) is 0 Å². The van der Waals surface area contributed by atoms with E-state index in [1.807, 2.05) is 30.3 Å². The van der Waals surface area contributed by atoms with Gasteiger partial charge in [0.25, 0.3) is 0 Å². The summed E-state index contributed by atoms with van der Waals surface area (Å²) >= 11 is 0. The molecule has 2 fully saturated rings. The van der Waals surface area contributed by atoms with Crippen molar-refractivity contribution < 1.29 is 14.6 Å². The summed E-state index contributed by atoms with van der Waals surface area (Å²) in [6.07, 6.45) is 6.19. The third-order valence-electron chi connectivity index (χ3n) is 5.71. The highest BCUT2D eigenvalue weighted by Gasteiger charge is 2.49. The van der Waals surface area contributed by atoms with Gasteiger partial charge in [-0.25, -0.2) is 4.79 Å². The smallest absolute Gasteiger partial charge is 0.344 e. The molecule has 4 heteroatoms. The maximum Gasteiger partial charge on any atom is 0.344 e. The Balaban J connectivity index is 1.74. The fraction of sp³-hybridized carbons (Fsp3) is 0.609. The van der Waals surface area contributed by atoms with Gasteiger partial charge in [0, 0.05) is 5.92 Å². The molecule has 1 aromatic carbocycles. The molecule has 1 saturated heterocycles. The first kappa shape index (κ1) is 19.9. The predicted octanol–water partition coefficient (Wildman–Crippen LogP) is 3.49. The Hall–Kier alpha value is -1.83. The van der Waals surface area contributed by atoms with Crippen molar-refractivity contribution in [1.29, 1.82) is 0 Å². The topological polar surface area (TPSA) is 49.8 Å². The van der Waals surface area contributed by atoms with Crippen LogP contribution in [-0.4, -0.2) is 41.2 Å². The molecule has 27 heavy (non-hydrogen) atoms. The standard InChI is InChI=1S/C23H31NO3/c1-22(2,15-10-18-24-16-8-9-17-24)27-21(25)23(26,20-13-6-7-14-20)19-11-4-3-5-12-19/h3-5,11-12,20,26H,6-9,13-14,16-18H2,1-2H3. The first-order valence-electron chi connectivity index (χ1n) is 10.2. The van der Waals surface area contributed by atoms with Crippen molar-refractivity contribution in [2.75, 3.05) is 19.6 Å². The lowest BCUT2D eigenvalue weighted by molar-refractivity contribution is -0.182. The average Bonchev–Trinajstić information content (AvgIpc) is 3.35. The number of benzene rings is 1. The number of hydrogen-bond donors (Lipinski definition) is 1. The van der Waals surface area contributed by atoms with Gasteiger partial charge in [0.05, 0.1) is 6.54 Å². The number of ether oxygens (including phenoxy) is 1. The molecule has 3 rings (SSSR count). The molecule has 1 aliphatic heterocycles. The largest absolute Gasteiger partial charge is 0.444 e. The van der Waals surface area contributed by atoms with Gasteiger partial charge in [0.1, 0.15) is 0 Å². The number of carbonyl (C=O) groups excluding carboxylic acids is 1. The number of nitrogens with zero attached hydrogens (tertiary/aromatic N) is 1. The normalized spacial score (nSPS) is 20.7. The molecule has 0 radical (unpaired) electrons. The van der Waals surface area contributed by atoms with Crippen LogP contribution in [0.2, 0.25) is 0 Å². The molecule has 1 aliphatic carbocycles. The molecule has 1 atom stereocenters. The lowest BCUT2D eigenvalue weighted by Gasteiger charge is -2.34. The van der Waals surface area contributed by atoms with Gasteiger partial charge in [-0.1, -0.05) is 55.0 Å².